The molecule has 0 saturated carbocycles. The summed E-state index contributed by atoms with van der Waals surface area (Å²) in [5.74, 6) is 3.03. The summed E-state index contributed by atoms with van der Waals surface area (Å²) in [6.07, 6.45) is 10.3. The molecule has 226 valence electrons. The molecule has 0 amide bonds. The Kier molecular flexibility index (Phi) is 11.6. The molecule has 2 aromatic heterocycles. The summed E-state index contributed by atoms with van der Waals surface area (Å²) < 4.78 is 13.5. The number of rotatable bonds is 13. The van der Waals surface area contributed by atoms with Gasteiger partial charge in [-0.3, -0.25) is 0 Å². The van der Waals surface area contributed by atoms with Crippen LogP contribution in [0.2, 0.25) is 13.3 Å². The number of nitrogens with zero attached hydrogens (tertiary/aromatic N) is 6. The van der Waals surface area contributed by atoms with Crippen LogP contribution in [0.5, 0.6) is 0 Å². The Hall–Kier alpha value is -0.931. The third-order valence-electron chi connectivity index (χ3n) is 9.78. The predicted octanol–water partition coefficient (Wildman–Crippen LogP) is 6.51. The molecule has 2 aliphatic rings. The average Bonchev–Trinajstić information content (AvgIpc) is 3.27. The first-order chi connectivity index (χ1) is 19.2. The van der Waals surface area contributed by atoms with E-state index < -0.39 is 18.4 Å². The van der Waals surface area contributed by atoms with E-state index in [1.54, 1.807) is 0 Å². The quantitative estimate of drug-likeness (QED) is 0.228. The maximum absolute atomic E-state index is 5.75. The summed E-state index contributed by atoms with van der Waals surface area (Å²) in [4.78, 5) is 21.4. The summed E-state index contributed by atoms with van der Waals surface area (Å²) in [6.45, 7) is 20.7. The van der Waals surface area contributed by atoms with Crippen molar-refractivity contribution in [2.24, 2.45) is 18.4 Å². The summed E-state index contributed by atoms with van der Waals surface area (Å²) >= 11 is -2.83. The van der Waals surface area contributed by atoms with Crippen molar-refractivity contribution in [2.75, 3.05) is 44.3 Å². The van der Waals surface area contributed by atoms with Crippen molar-refractivity contribution in [1.82, 2.24) is 24.4 Å². The van der Waals surface area contributed by atoms with Gasteiger partial charge in [0.1, 0.15) is 0 Å². The SMILES string of the molecule is CCC[CH2][Sn]([CH2]CCC)([CH2]CCC)[c]1nc(N2CCOCC2)c2nc(CN3CCC(C(C)(C)C)CC3)n(C)c2n1. The van der Waals surface area contributed by atoms with Crippen molar-refractivity contribution in [3.05, 3.63) is 5.82 Å². The van der Waals surface area contributed by atoms with Crippen molar-refractivity contribution in [1.29, 1.82) is 0 Å². The van der Waals surface area contributed by atoms with Crippen LogP contribution in [-0.4, -0.2) is 82.2 Å². The van der Waals surface area contributed by atoms with E-state index in [9.17, 15) is 0 Å². The van der Waals surface area contributed by atoms with Crippen LogP contribution in [0.25, 0.3) is 11.2 Å². The van der Waals surface area contributed by atoms with Crippen molar-refractivity contribution < 1.29 is 4.74 Å². The monoisotopic (exact) mass is 662 g/mol. The van der Waals surface area contributed by atoms with Gasteiger partial charge in [0.25, 0.3) is 0 Å². The van der Waals surface area contributed by atoms with Crippen LogP contribution >= 0.6 is 0 Å². The van der Waals surface area contributed by atoms with Crippen molar-refractivity contribution >= 4 is 39.2 Å². The molecule has 8 heteroatoms. The molecule has 4 heterocycles. The van der Waals surface area contributed by atoms with E-state index in [-0.39, 0.29) is 0 Å². The second-order valence-corrected chi connectivity index (χ2v) is 26.6. The van der Waals surface area contributed by atoms with E-state index in [1.807, 2.05) is 0 Å². The first-order valence-electron chi connectivity index (χ1n) is 16.5. The molecule has 40 heavy (non-hydrogen) atoms. The molecule has 0 aliphatic carbocycles. The van der Waals surface area contributed by atoms with Gasteiger partial charge in [-0.1, -0.05) is 0 Å². The van der Waals surface area contributed by atoms with Crippen LogP contribution in [0.15, 0.2) is 0 Å². The molecule has 0 spiro atoms. The normalized spacial score (nSPS) is 18.2. The van der Waals surface area contributed by atoms with E-state index in [0.29, 0.717) is 5.41 Å². The molecule has 4 rings (SSSR count). The van der Waals surface area contributed by atoms with Gasteiger partial charge in [-0.2, -0.15) is 0 Å². The van der Waals surface area contributed by atoms with Crippen LogP contribution in [0.4, 0.5) is 5.82 Å². The molecule has 2 fully saturated rings. The number of imidazole rings is 1. The zero-order chi connectivity index (χ0) is 28.8. The van der Waals surface area contributed by atoms with Gasteiger partial charge in [0.15, 0.2) is 0 Å². The molecule has 7 nitrogen and oxygen atoms in total. The Labute approximate surface area is 248 Å². The molecule has 0 aromatic carbocycles. The Morgan fingerprint density at radius 2 is 1.40 bits per heavy atom. The topological polar surface area (TPSA) is 59.3 Å². The molecular formula is C32H58N6OSn. The summed E-state index contributed by atoms with van der Waals surface area (Å²) in [5, 5.41) is 0. The van der Waals surface area contributed by atoms with Crippen LogP contribution in [0.1, 0.15) is 98.7 Å². The molecule has 0 bridgehead atoms. The Bertz CT molecular complexity index is 1040. The maximum atomic E-state index is 5.75. The van der Waals surface area contributed by atoms with Gasteiger partial charge in [0.05, 0.1) is 0 Å². The number of fused-ring (bicyclic) bond motifs is 1. The van der Waals surface area contributed by atoms with E-state index in [0.717, 1.165) is 74.7 Å². The second-order valence-electron chi connectivity index (χ2n) is 13.7. The molecular weight excluding hydrogens is 603 g/mol. The van der Waals surface area contributed by atoms with E-state index in [1.165, 1.54) is 68.5 Å². The van der Waals surface area contributed by atoms with Gasteiger partial charge in [-0.15, -0.1) is 0 Å². The zero-order valence-electron chi connectivity index (χ0n) is 26.9. The molecule has 0 radical (unpaired) electrons. The number of piperidine rings is 1. The zero-order valence-corrected chi connectivity index (χ0v) is 29.8. The first-order valence-corrected chi connectivity index (χ1v) is 24.0. The summed E-state index contributed by atoms with van der Waals surface area (Å²) in [7, 11) is 2.20. The Morgan fingerprint density at radius 3 is 1.93 bits per heavy atom. The number of hydrogen-bond acceptors (Lipinski definition) is 6. The van der Waals surface area contributed by atoms with E-state index in [4.69, 9.17) is 19.7 Å². The van der Waals surface area contributed by atoms with Gasteiger partial charge in [0, 0.05) is 0 Å². The Morgan fingerprint density at radius 1 is 0.825 bits per heavy atom. The van der Waals surface area contributed by atoms with Crippen molar-refractivity contribution in [3.63, 3.8) is 0 Å². The third kappa shape index (κ3) is 7.52. The summed E-state index contributed by atoms with van der Waals surface area (Å²) in [6, 6.07) is 0. The summed E-state index contributed by atoms with van der Waals surface area (Å²) in [5.41, 5.74) is 2.47. The van der Waals surface area contributed by atoms with Crippen molar-refractivity contribution in [2.45, 2.75) is 113 Å². The van der Waals surface area contributed by atoms with Gasteiger partial charge < -0.3 is 0 Å². The molecule has 2 aliphatic heterocycles. The average molecular weight is 662 g/mol. The minimum atomic E-state index is -2.83. The number of ether oxygens (including phenoxy) is 1. The minimum absolute atomic E-state index is 0.398. The fourth-order valence-electron chi connectivity index (χ4n) is 6.88. The fourth-order valence-corrected chi connectivity index (χ4v) is 21.7. The number of likely N-dealkylation sites (tertiary alicyclic amines) is 1. The van der Waals surface area contributed by atoms with Crippen LogP contribution < -0.4 is 8.74 Å². The standard InChI is InChI=1S/C20H31N6O.3C4H9.Sn/c1-20(2,3)15-5-7-25(8-6-15)13-16-23-17-18(24(16)4)21-14-22-19(17)26-9-11-27-12-10-26;3*1-3-4-2;/h15H,5-13H2,1-4H3;3*1,3-4H2,2H3;. The number of morpholine rings is 1. The van der Waals surface area contributed by atoms with E-state index >= 15 is 0 Å². The van der Waals surface area contributed by atoms with Gasteiger partial charge in [0.2, 0.25) is 0 Å². The number of aryl methyl sites for hydroxylation is 1. The number of unbranched alkanes of at least 4 members (excludes halogenated alkanes) is 3. The number of aromatic nitrogens is 4. The van der Waals surface area contributed by atoms with E-state index in [2.05, 4.69) is 63.0 Å². The molecule has 0 N–H and O–H groups in total. The fraction of sp³-hybridized carbons (Fsp3) is 0.844. The number of anilines is 1. The van der Waals surface area contributed by atoms with Crippen LogP contribution in [0, 0.1) is 11.3 Å². The molecule has 2 aromatic rings. The van der Waals surface area contributed by atoms with Gasteiger partial charge in [-0.05, 0) is 0 Å². The second kappa shape index (κ2) is 14.5. The molecule has 0 atom stereocenters. The van der Waals surface area contributed by atoms with Gasteiger partial charge in [-0.25, -0.2) is 0 Å². The Balaban J connectivity index is 1.74. The van der Waals surface area contributed by atoms with Crippen LogP contribution in [-0.2, 0) is 18.3 Å². The number of hydrogen-bond donors (Lipinski definition) is 0. The van der Waals surface area contributed by atoms with Crippen molar-refractivity contribution in [3.8, 4) is 0 Å². The molecule has 2 saturated heterocycles. The first kappa shape index (κ1) is 32.0. The third-order valence-corrected chi connectivity index (χ3v) is 24.4. The predicted molar refractivity (Wildman–Crippen MR) is 171 cm³/mol. The van der Waals surface area contributed by atoms with Gasteiger partial charge >= 0.3 is 250 Å². The molecule has 0 unspecified atom stereocenters. The van der Waals surface area contributed by atoms with Crippen LogP contribution in [0.3, 0.4) is 0 Å².